The fourth-order valence-electron chi connectivity index (χ4n) is 2.80. The molecule has 2 aromatic rings. The van der Waals surface area contributed by atoms with Gasteiger partial charge in [0.05, 0.1) is 20.3 Å². The first-order valence-corrected chi connectivity index (χ1v) is 8.73. The Morgan fingerprint density at radius 3 is 2.35 bits per heavy atom. The summed E-state index contributed by atoms with van der Waals surface area (Å²) < 4.78 is 10.4. The molecule has 2 rings (SSSR count). The lowest BCUT2D eigenvalue weighted by Gasteiger charge is -2.25. The van der Waals surface area contributed by atoms with Gasteiger partial charge in [-0.05, 0) is 55.9 Å². The SMILES string of the molecule is COc1ccc(CCC(=O)NCC(c2cccc(OC)c2)N(C)C)cc1. The number of methoxy groups -OCH3 is 2. The largest absolute Gasteiger partial charge is 0.497 e. The van der Waals surface area contributed by atoms with Gasteiger partial charge in [-0.1, -0.05) is 24.3 Å². The number of amides is 1. The first-order valence-electron chi connectivity index (χ1n) is 8.73. The Morgan fingerprint density at radius 1 is 1.04 bits per heavy atom. The maximum Gasteiger partial charge on any atom is 0.220 e. The molecule has 26 heavy (non-hydrogen) atoms. The minimum Gasteiger partial charge on any atom is -0.497 e. The monoisotopic (exact) mass is 356 g/mol. The van der Waals surface area contributed by atoms with Crippen LogP contribution in [-0.4, -0.2) is 45.7 Å². The molecular formula is C21H28N2O3. The van der Waals surface area contributed by atoms with E-state index in [0.29, 0.717) is 19.4 Å². The number of carbonyl (C=O) groups excluding carboxylic acids is 1. The van der Waals surface area contributed by atoms with Crippen molar-refractivity contribution in [2.75, 3.05) is 34.9 Å². The molecule has 0 radical (unpaired) electrons. The molecule has 0 aromatic heterocycles. The van der Waals surface area contributed by atoms with Crippen molar-refractivity contribution in [1.29, 1.82) is 0 Å². The van der Waals surface area contributed by atoms with Gasteiger partial charge in [-0.25, -0.2) is 0 Å². The van der Waals surface area contributed by atoms with Crippen LogP contribution in [0.4, 0.5) is 0 Å². The maximum absolute atomic E-state index is 12.2. The molecule has 0 saturated heterocycles. The summed E-state index contributed by atoms with van der Waals surface area (Å²) in [4.78, 5) is 14.3. The van der Waals surface area contributed by atoms with Crippen LogP contribution >= 0.6 is 0 Å². The van der Waals surface area contributed by atoms with E-state index in [2.05, 4.69) is 16.3 Å². The Kier molecular flexibility index (Phi) is 7.48. The van der Waals surface area contributed by atoms with Gasteiger partial charge in [0, 0.05) is 13.0 Å². The summed E-state index contributed by atoms with van der Waals surface area (Å²) in [6.07, 6.45) is 1.17. The van der Waals surface area contributed by atoms with E-state index in [1.807, 2.05) is 56.6 Å². The van der Waals surface area contributed by atoms with Gasteiger partial charge in [-0.3, -0.25) is 4.79 Å². The predicted octanol–water partition coefficient (Wildman–Crippen LogP) is 3.06. The number of aryl methyl sites for hydroxylation is 1. The van der Waals surface area contributed by atoms with Crippen LogP contribution in [-0.2, 0) is 11.2 Å². The number of nitrogens with zero attached hydrogens (tertiary/aromatic N) is 1. The second-order valence-electron chi connectivity index (χ2n) is 6.41. The summed E-state index contributed by atoms with van der Waals surface area (Å²) in [5.41, 5.74) is 2.24. The molecule has 0 aliphatic carbocycles. The van der Waals surface area contributed by atoms with Gasteiger partial charge in [0.15, 0.2) is 0 Å². The van der Waals surface area contributed by atoms with E-state index in [1.54, 1.807) is 14.2 Å². The van der Waals surface area contributed by atoms with E-state index < -0.39 is 0 Å². The van der Waals surface area contributed by atoms with E-state index in [9.17, 15) is 4.79 Å². The molecule has 0 bridgehead atoms. The molecule has 0 aliphatic heterocycles. The fourth-order valence-corrected chi connectivity index (χ4v) is 2.80. The van der Waals surface area contributed by atoms with E-state index in [-0.39, 0.29) is 11.9 Å². The molecule has 0 heterocycles. The highest BCUT2D eigenvalue weighted by atomic mass is 16.5. The van der Waals surface area contributed by atoms with Crippen LogP contribution in [0.1, 0.15) is 23.6 Å². The number of hydrogen-bond acceptors (Lipinski definition) is 4. The number of ether oxygens (including phenoxy) is 2. The van der Waals surface area contributed by atoms with Crippen molar-refractivity contribution >= 4 is 5.91 Å². The van der Waals surface area contributed by atoms with Crippen molar-refractivity contribution in [2.45, 2.75) is 18.9 Å². The number of hydrogen-bond donors (Lipinski definition) is 1. The minimum absolute atomic E-state index is 0.0514. The molecule has 0 spiro atoms. The Morgan fingerprint density at radius 2 is 1.73 bits per heavy atom. The zero-order chi connectivity index (χ0) is 18.9. The first kappa shape index (κ1) is 19.8. The molecule has 5 heteroatoms. The van der Waals surface area contributed by atoms with Crippen LogP contribution < -0.4 is 14.8 Å². The molecule has 2 aromatic carbocycles. The van der Waals surface area contributed by atoms with E-state index in [1.165, 1.54) is 0 Å². The quantitative estimate of drug-likeness (QED) is 0.750. The van der Waals surface area contributed by atoms with Crippen LogP contribution in [0.2, 0.25) is 0 Å². The highest BCUT2D eigenvalue weighted by Crippen LogP contribution is 2.22. The molecule has 0 saturated carbocycles. The highest BCUT2D eigenvalue weighted by molar-refractivity contribution is 5.76. The second-order valence-corrected chi connectivity index (χ2v) is 6.41. The molecule has 0 fully saturated rings. The summed E-state index contributed by atoms with van der Waals surface area (Å²) in [6, 6.07) is 15.9. The fraction of sp³-hybridized carbons (Fsp3) is 0.381. The van der Waals surface area contributed by atoms with Crippen LogP contribution in [0.5, 0.6) is 11.5 Å². The average Bonchev–Trinajstić information content (AvgIpc) is 2.66. The lowest BCUT2D eigenvalue weighted by Crippen LogP contribution is -2.34. The smallest absolute Gasteiger partial charge is 0.220 e. The van der Waals surface area contributed by atoms with Crippen LogP contribution in [0.25, 0.3) is 0 Å². The number of benzene rings is 2. The lowest BCUT2D eigenvalue weighted by molar-refractivity contribution is -0.121. The third kappa shape index (κ3) is 5.77. The molecule has 5 nitrogen and oxygen atoms in total. The van der Waals surface area contributed by atoms with Crippen molar-refractivity contribution < 1.29 is 14.3 Å². The maximum atomic E-state index is 12.2. The van der Waals surface area contributed by atoms with Gasteiger partial charge >= 0.3 is 0 Å². The Labute approximate surface area is 155 Å². The van der Waals surface area contributed by atoms with Crippen LogP contribution in [0, 0.1) is 0 Å². The number of carbonyl (C=O) groups is 1. The van der Waals surface area contributed by atoms with Gasteiger partial charge in [-0.2, -0.15) is 0 Å². The third-order valence-electron chi connectivity index (χ3n) is 4.39. The molecule has 1 amide bonds. The molecule has 1 atom stereocenters. The zero-order valence-electron chi connectivity index (χ0n) is 16.0. The van der Waals surface area contributed by atoms with Gasteiger partial charge in [-0.15, -0.1) is 0 Å². The number of likely N-dealkylation sites (N-methyl/N-ethyl adjacent to an activating group) is 1. The van der Waals surface area contributed by atoms with Crippen LogP contribution in [0.3, 0.4) is 0 Å². The molecular weight excluding hydrogens is 328 g/mol. The topological polar surface area (TPSA) is 50.8 Å². The summed E-state index contributed by atoms with van der Waals surface area (Å²) in [6.45, 7) is 0.557. The summed E-state index contributed by atoms with van der Waals surface area (Å²) in [5.74, 6) is 1.70. The highest BCUT2D eigenvalue weighted by Gasteiger charge is 2.16. The third-order valence-corrected chi connectivity index (χ3v) is 4.39. The van der Waals surface area contributed by atoms with Crippen molar-refractivity contribution in [3.63, 3.8) is 0 Å². The Bertz CT molecular complexity index is 699. The van der Waals surface area contributed by atoms with Gasteiger partial charge in [0.2, 0.25) is 5.91 Å². The van der Waals surface area contributed by atoms with Crippen molar-refractivity contribution in [3.05, 3.63) is 59.7 Å². The predicted molar refractivity (Wildman–Crippen MR) is 104 cm³/mol. The summed E-state index contributed by atoms with van der Waals surface area (Å²) in [5, 5.41) is 3.05. The van der Waals surface area contributed by atoms with E-state index >= 15 is 0 Å². The summed E-state index contributed by atoms with van der Waals surface area (Å²) >= 11 is 0. The normalized spacial score (nSPS) is 11.9. The number of rotatable bonds is 9. The zero-order valence-corrected chi connectivity index (χ0v) is 16.0. The van der Waals surface area contributed by atoms with Crippen LogP contribution in [0.15, 0.2) is 48.5 Å². The molecule has 1 unspecified atom stereocenters. The van der Waals surface area contributed by atoms with Crippen molar-refractivity contribution in [3.8, 4) is 11.5 Å². The molecule has 140 valence electrons. The average molecular weight is 356 g/mol. The van der Waals surface area contributed by atoms with Gasteiger partial charge in [0.25, 0.3) is 0 Å². The molecule has 1 N–H and O–H groups in total. The van der Waals surface area contributed by atoms with E-state index in [0.717, 1.165) is 22.6 Å². The molecule has 0 aliphatic rings. The van der Waals surface area contributed by atoms with Gasteiger partial charge < -0.3 is 19.7 Å². The number of nitrogens with one attached hydrogen (secondary N) is 1. The second kappa shape index (κ2) is 9.82. The van der Waals surface area contributed by atoms with Gasteiger partial charge in [0.1, 0.15) is 11.5 Å². The Balaban J connectivity index is 1.88. The lowest BCUT2D eigenvalue weighted by atomic mass is 10.1. The first-order chi connectivity index (χ1) is 12.5. The minimum atomic E-state index is 0.0514. The van der Waals surface area contributed by atoms with Crippen molar-refractivity contribution in [1.82, 2.24) is 10.2 Å². The Hall–Kier alpha value is -2.53. The van der Waals surface area contributed by atoms with E-state index in [4.69, 9.17) is 9.47 Å². The standard InChI is InChI=1S/C21H28N2O3/c1-23(2)20(17-6-5-7-19(14-17)26-4)15-22-21(24)13-10-16-8-11-18(25-3)12-9-16/h5-9,11-12,14,20H,10,13,15H2,1-4H3,(H,22,24). The summed E-state index contributed by atoms with van der Waals surface area (Å²) in [7, 11) is 7.32. The van der Waals surface area contributed by atoms with Crippen molar-refractivity contribution in [2.24, 2.45) is 0 Å².